The van der Waals surface area contributed by atoms with E-state index in [9.17, 15) is 29.0 Å². The molecular weight excluding hydrogens is 690 g/mol. The minimum atomic E-state index is -10.3. The molecule has 2 N–H and O–H groups in total. The zero-order chi connectivity index (χ0) is 36.8. The Labute approximate surface area is 285 Å². The Morgan fingerprint density at radius 2 is 1.64 bits per heavy atom. The normalized spacial score (nSPS) is 12.9. The Morgan fingerprint density at radius 1 is 0.920 bits per heavy atom. The van der Waals surface area contributed by atoms with Gasteiger partial charge in [0.15, 0.2) is 0 Å². The molecule has 0 bridgehead atoms. The molecule has 0 saturated heterocycles. The van der Waals surface area contributed by atoms with Gasteiger partial charge in [0.25, 0.3) is 5.91 Å². The van der Waals surface area contributed by atoms with Gasteiger partial charge in [-0.2, -0.15) is 0 Å². The molecule has 2 amide bonds. The van der Waals surface area contributed by atoms with Crippen LogP contribution in [0.2, 0.25) is 0 Å². The van der Waals surface area contributed by atoms with Gasteiger partial charge in [-0.1, -0.05) is 43.7 Å². The maximum absolute atomic E-state index is 15.3. The van der Waals surface area contributed by atoms with E-state index in [0.29, 0.717) is 29.2 Å². The van der Waals surface area contributed by atoms with E-state index in [-0.39, 0.29) is 43.3 Å². The minimum absolute atomic E-state index is 0.0219. The van der Waals surface area contributed by atoms with Crippen LogP contribution in [0.4, 0.5) is 29.5 Å². The first-order chi connectivity index (χ1) is 23.3. The summed E-state index contributed by atoms with van der Waals surface area (Å²) >= 11 is 0. The van der Waals surface area contributed by atoms with Crippen LogP contribution in [0.15, 0.2) is 77.8 Å². The van der Waals surface area contributed by atoms with E-state index in [1.54, 1.807) is 51.2 Å². The van der Waals surface area contributed by atoms with Crippen molar-refractivity contribution in [2.24, 2.45) is 0 Å². The molecule has 0 aliphatic heterocycles. The van der Waals surface area contributed by atoms with Gasteiger partial charge in [-0.15, -0.1) is 0 Å². The van der Waals surface area contributed by atoms with Crippen molar-refractivity contribution in [3.8, 4) is 28.5 Å². The Bertz CT molecular complexity index is 1860. The summed E-state index contributed by atoms with van der Waals surface area (Å²) in [6.07, 6.45) is 0.779. The fourth-order valence-corrected chi connectivity index (χ4v) is 5.32. The van der Waals surface area contributed by atoms with Crippen molar-refractivity contribution in [2.75, 3.05) is 46.2 Å². The largest absolute Gasteiger partial charge is 0.497 e. The standard InChI is InChI=1S/C34H36F6N4O5S/c1-5-48-31-19-33(49-21-22-6-10-27(47-4)11-7-22)42-20-29(31)23-8-9-24(30(35)16-23)17-32(45)43-26-14-25(34(46)41-12-13-44(2)3)15-28(18-26)50(36,37,38,39)40/h6-11,14-16,18-20H,5,12-13,17,21H2,1-4H3,(H,41,46)(H,43,45). The van der Waals surface area contributed by atoms with Crippen molar-refractivity contribution in [3.05, 3.63) is 95.4 Å². The third kappa shape index (κ3) is 10.5. The number of carbonyl (C=O) groups excluding carboxylic acids is 2. The number of aromatic nitrogens is 1. The van der Waals surface area contributed by atoms with E-state index < -0.39 is 50.4 Å². The summed E-state index contributed by atoms with van der Waals surface area (Å²) in [5.41, 5.74) is 0.0429. The first kappa shape index (κ1) is 37.9. The number of pyridine rings is 1. The number of anilines is 1. The van der Waals surface area contributed by atoms with Crippen LogP contribution < -0.4 is 24.8 Å². The van der Waals surface area contributed by atoms with E-state index in [2.05, 4.69) is 15.6 Å². The molecule has 4 rings (SSSR count). The lowest BCUT2D eigenvalue weighted by molar-refractivity contribution is -0.115. The average Bonchev–Trinajstić information content (AvgIpc) is 3.04. The number of amides is 2. The number of halogens is 6. The van der Waals surface area contributed by atoms with E-state index in [1.165, 1.54) is 18.3 Å². The van der Waals surface area contributed by atoms with Crippen LogP contribution in [0.3, 0.4) is 0 Å². The van der Waals surface area contributed by atoms with Crippen molar-refractivity contribution in [1.82, 2.24) is 15.2 Å². The molecule has 0 atom stereocenters. The van der Waals surface area contributed by atoms with Crippen molar-refractivity contribution in [2.45, 2.75) is 24.8 Å². The predicted molar refractivity (Wildman–Crippen MR) is 179 cm³/mol. The fraction of sp³-hybridized carbons (Fsp3) is 0.265. The highest BCUT2D eigenvalue weighted by atomic mass is 32.5. The molecule has 0 radical (unpaired) electrons. The number of carbonyl (C=O) groups is 2. The molecule has 0 aliphatic rings. The van der Waals surface area contributed by atoms with Crippen LogP contribution in [0.5, 0.6) is 17.4 Å². The number of hydrogen-bond acceptors (Lipinski definition) is 7. The third-order valence-corrected chi connectivity index (χ3v) is 8.27. The lowest BCUT2D eigenvalue weighted by Crippen LogP contribution is -2.31. The molecule has 1 heterocycles. The summed E-state index contributed by atoms with van der Waals surface area (Å²) in [7, 11) is -5.31. The van der Waals surface area contributed by atoms with E-state index in [0.717, 1.165) is 17.7 Å². The van der Waals surface area contributed by atoms with Gasteiger partial charge in [0, 0.05) is 42.2 Å². The summed E-state index contributed by atoms with van der Waals surface area (Å²) in [6, 6.07) is 13.6. The van der Waals surface area contributed by atoms with Gasteiger partial charge in [-0.3, -0.25) is 9.59 Å². The molecule has 0 unspecified atom stereocenters. The number of hydrogen-bond donors (Lipinski definition) is 2. The first-order valence-electron chi connectivity index (χ1n) is 15.1. The summed E-state index contributed by atoms with van der Waals surface area (Å²) in [6.45, 7) is 2.60. The monoisotopic (exact) mass is 726 g/mol. The SMILES string of the molecule is CCOc1cc(OCc2ccc(OC)cc2)ncc1-c1ccc(CC(=O)Nc2cc(C(=O)NCCN(C)C)cc(S(F)(F)(F)(F)F)c2)c(F)c1. The molecule has 9 nitrogen and oxygen atoms in total. The Morgan fingerprint density at radius 3 is 2.26 bits per heavy atom. The number of benzene rings is 3. The number of nitrogens with one attached hydrogen (secondary N) is 2. The van der Waals surface area contributed by atoms with Crippen LogP contribution in [0.25, 0.3) is 11.1 Å². The molecule has 0 saturated carbocycles. The van der Waals surface area contributed by atoms with Crippen molar-refractivity contribution in [3.63, 3.8) is 0 Å². The third-order valence-electron chi connectivity index (χ3n) is 7.14. The minimum Gasteiger partial charge on any atom is -0.497 e. The van der Waals surface area contributed by atoms with Crippen LogP contribution in [0, 0.1) is 5.82 Å². The number of rotatable bonds is 15. The van der Waals surface area contributed by atoms with Gasteiger partial charge in [-0.05, 0) is 74.1 Å². The van der Waals surface area contributed by atoms with Gasteiger partial charge in [-0.25, -0.2) is 9.37 Å². The summed E-state index contributed by atoms with van der Waals surface area (Å²) in [5.74, 6) is -1.59. The van der Waals surface area contributed by atoms with Crippen LogP contribution >= 0.6 is 10.2 Å². The van der Waals surface area contributed by atoms with Gasteiger partial charge in [0.05, 0.1) is 20.1 Å². The number of methoxy groups -OCH3 is 1. The molecule has 16 heteroatoms. The maximum atomic E-state index is 15.3. The molecule has 0 fully saturated rings. The van der Waals surface area contributed by atoms with Crippen LogP contribution in [-0.2, 0) is 17.8 Å². The van der Waals surface area contributed by atoms with Crippen molar-refractivity contribution >= 4 is 27.7 Å². The smallest absolute Gasteiger partial charge is 0.310 e. The van der Waals surface area contributed by atoms with Gasteiger partial charge in [0.2, 0.25) is 11.8 Å². The molecule has 50 heavy (non-hydrogen) atoms. The van der Waals surface area contributed by atoms with E-state index >= 15 is 4.39 Å². The summed E-state index contributed by atoms with van der Waals surface area (Å²) < 4.78 is 101. The molecular formula is C34H36F6N4O5S. The topological polar surface area (TPSA) is 102 Å². The Balaban J connectivity index is 1.51. The first-order valence-corrected chi connectivity index (χ1v) is 17.1. The average molecular weight is 727 g/mol. The Kier molecular flexibility index (Phi) is 11.0. The van der Waals surface area contributed by atoms with E-state index in [1.807, 2.05) is 12.1 Å². The zero-order valence-corrected chi connectivity index (χ0v) is 28.4. The molecule has 4 aromatic rings. The summed E-state index contributed by atoms with van der Waals surface area (Å²) in [4.78, 5) is 29.0. The molecule has 1 aromatic heterocycles. The van der Waals surface area contributed by atoms with Crippen LogP contribution in [-0.4, -0.2) is 62.6 Å². The van der Waals surface area contributed by atoms with Gasteiger partial charge < -0.3 is 29.7 Å². The van der Waals surface area contributed by atoms with Crippen molar-refractivity contribution < 1.29 is 47.6 Å². The van der Waals surface area contributed by atoms with E-state index in [4.69, 9.17) is 14.2 Å². The second-order valence-electron chi connectivity index (χ2n) is 11.4. The highest BCUT2D eigenvalue weighted by Crippen LogP contribution is 3.02. The predicted octanol–water partition coefficient (Wildman–Crippen LogP) is 8.00. The van der Waals surface area contributed by atoms with Crippen molar-refractivity contribution in [1.29, 1.82) is 0 Å². The number of nitrogens with zero attached hydrogens (tertiary/aromatic N) is 2. The lowest BCUT2D eigenvalue weighted by atomic mass is 10.0. The summed E-state index contributed by atoms with van der Waals surface area (Å²) in [5, 5.41) is 4.43. The second kappa shape index (κ2) is 14.5. The lowest BCUT2D eigenvalue weighted by Gasteiger charge is -2.40. The zero-order valence-electron chi connectivity index (χ0n) is 27.6. The second-order valence-corrected chi connectivity index (χ2v) is 13.8. The molecule has 0 spiro atoms. The molecule has 0 aliphatic carbocycles. The van der Waals surface area contributed by atoms with Gasteiger partial charge >= 0.3 is 10.2 Å². The van der Waals surface area contributed by atoms with Crippen LogP contribution in [0.1, 0.15) is 28.4 Å². The highest BCUT2D eigenvalue weighted by molar-refractivity contribution is 8.45. The molecule has 270 valence electrons. The molecule has 3 aromatic carbocycles. The fourth-order valence-electron chi connectivity index (χ4n) is 4.63. The van der Waals surface area contributed by atoms with Gasteiger partial charge in [0.1, 0.15) is 28.8 Å². The Hall–Kier alpha value is -4.96. The quantitative estimate of drug-likeness (QED) is 0.120. The number of likely N-dealkylation sites (N-methyl/N-ethyl adjacent to an activating group) is 1. The highest BCUT2D eigenvalue weighted by Gasteiger charge is 2.65. The maximum Gasteiger partial charge on any atom is 0.310 e. The number of ether oxygens (including phenoxy) is 3.